The summed E-state index contributed by atoms with van der Waals surface area (Å²) in [7, 11) is -4.11. The van der Waals surface area contributed by atoms with Gasteiger partial charge in [-0.3, -0.25) is 4.79 Å². The Morgan fingerprint density at radius 3 is 2.48 bits per heavy atom. The van der Waals surface area contributed by atoms with Crippen LogP contribution in [0.25, 0.3) is 0 Å². The molecular formula is C21H24F2N2O5S. The summed E-state index contributed by atoms with van der Waals surface area (Å²) in [6.07, 6.45) is 0.243. The Hall–Kier alpha value is -2.40. The topological polar surface area (TPSA) is 105 Å². The van der Waals surface area contributed by atoms with Gasteiger partial charge in [-0.1, -0.05) is 12.1 Å². The molecule has 0 unspecified atom stereocenters. The summed E-state index contributed by atoms with van der Waals surface area (Å²) in [4.78, 5) is 11.6. The number of amides is 1. The Bertz CT molecular complexity index is 1000. The van der Waals surface area contributed by atoms with E-state index in [-0.39, 0.29) is 12.0 Å². The van der Waals surface area contributed by atoms with Crippen LogP contribution in [0.5, 0.6) is 0 Å². The molecule has 0 bridgehead atoms. The molecule has 2 aromatic rings. The van der Waals surface area contributed by atoms with Crippen molar-refractivity contribution in [2.24, 2.45) is 0 Å². The second-order valence-corrected chi connectivity index (χ2v) is 8.95. The number of hydrogen-bond donors (Lipinski definition) is 3. The maximum atomic E-state index is 13.9. The molecule has 0 radical (unpaired) electrons. The van der Waals surface area contributed by atoms with E-state index < -0.39 is 45.3 Å². The van der Waals surface area contributed by atoms with Crippen molar-refractivity contribution in [2.45, 2.75) is 42.4 Å². The molecule has 1 fully saturated rings. The highest BCUT2D eigenvalue weighted by atomic mass is 32.2. The molecule has 168 valence electrons. The van der Waals surface area contributed by atoms with E-state index in [1.807, 2.05) is 0 Å². The molecule has 31 heavy (non-hydrogen) atoms. The minimum atomic E-state index is -4.11. The van der Waals surface area contributed by atoms with Crippen LogP contribution in [-0.2, 0) is 14.8 Å². The van der Waals surface area contributed by atoms with Gasteiger partial charge in [-0.2, -0.15) is 0 Å². The van der Waals surface area contributed by atoms with Crippen molar-refractivity contribution < 1.29 is 31.8 Å². The molecule has 1 aliphatic rings. The van der Waals surface area contributed by atoms with Gasteiger partial charge in [-0.05, 0) is 55.7 Å². The van der Waals surface area contributed by atoms with Crippen LogP contribution in [0.15, 0.2) is 53.4 Å². The monoisotopic (exact) mass is 454 g/mol. The molecule has 3 N–H and O–H groups in total. The van der Waals surface area contributed by atoms with Crippen molar-refractivity contribution in [3.63, 3.8) is 0 Å². The van der Waals surface area contributed by atoms with Gasteiger partial charge >= 0.3 is 0 Å². The number of hydrogen-bond acceptors (Lipinski definition) is 5. The number of aliphatic hydroxyl groups excluding tert-OH is 1. The molecule has 0 saturated carbocycles. The Balaban J connectivity index is 1.51. The van der Waals surface area contributed by atoms with Gasteiger partial charge in [0.1, 0.15) is 16.5 Å². The van der Waals surface area contributed by atoms with E-state index in [0.29, 0.717) is 31.4 Å². The van der Waals surface area contributed by atoms with Crippen LogP contribution in [0.3, 0.4) is 0 Å². The van der Waals surface area contributed by atoms with Crippen LogP contribution in [0.4, 0.5) is 8.78 Å². The lowest BCUT2D eigenvalue weighted by atomic mass is 9.98. The van der Waals surface area contributed by atoms with E-state index in [4.69, 9.17) is 4.74 Å². The highest BCUT2D eigenvalue weighted by molar-refractivity contribution is 7.89. The first-order valence-electron chi connectivity index (χ1n) is 9.87. The molecule has 1 amide bonds. The van der Waals surface area contributed by atoms with Gasteiger partial charge in [0.15, 0.2) is 0 Å². The average molecular weight is 454 g/mol. The normalized spacial score (nSPS) is 21.6. The fourth-order valence-corrected chi connectivity index (χ4v) is 4.83. The molecule has 7 nitrogen and oxygen atoms in total. The van der Waals surface area contributed by atoms with Crippen molar-refractivity contribution in [3.8, 4) is 0 Å². The van der Waals surface area contributed by atoms with E-state index in [0.717, 1.165) is 6.07 Å². The van der Waals surface area contributed by atoms with Crippen LogP contribution in [-0.4, -0.2) is 50.8 Å². The van der Waals surface area contributed by atoms with Crippen molar-refractivity contribution in [1.29, 1.82) is 0 Å². The van der Waals surface area contributed by atoms with Crippen LogP contribution in [0.2, 0.25) is 0 Å². The predicted molar refractivity (Wildman–Crippen MR) is 109 cm³/mol. The van der Waals surface area contributed by atoms with Crippen molar-refractivity contribution >= 4 is 15.9 Å². The largest absolute Gasteiger partial charge is 0.394 e. The van der Waals surface area contributed by atoms with E-state index in [1.54, 1.807) is 0 Å². The van der Waals surface area contributed by atoms with Crippen molar-refractivity contribution in [3.05, 3.63) is 65.7 Å². The van der Waals surface area contributed by atoms with E-state index in [2.05, 4.69) is 10.0 Å². The molecular weight excluding hydrogens is 430 g/mol. The maximum Gasteiger partial charge on any atom is 0.251 e. The number of nitrogens with one attached hydrogen (secondary N) is 2. The Kier molecular flexibility index (Phi) is 7.71. The number of sulfonamides is 1. The number of carbonyl (C=O) groups is 1. The highest BCUT2D eigenvalue weighted by Gasteiger charge is 2.34. The first kappa shape index (κ1) is 23.3. The molecule has 3 atom stereocenters. The minimum Gasteiger partial charge on any atom is -0.394 e. The molecule has 0 aromatic heterocycles. The number of carbonyl (C=O) groups excluding carboxylic acids is 1. The summed E-state index contributed by atoms with van der Waals surface area (Å²) < 4.78 is 60.0. The fourth-order valence-electron chi connectivity index (χ4n) is 3.45. The quantitative estimate of drug-likeness (QED) is 0.566. The second-order valence-electron chi connectivity index (χ2n) is 7.27. The minimum absolute atomic E-state index is 0.292. The Morgan fingerprint density at radius 1 is 1.10 bits per heavy atom. The van der Waals surface area contributed by atoms with Gasteiger partial charge in [0.2, 0.25) is 10.0 Å². The average Bonchev–Trinajstić information content (AvgIpc) is 2.75. The molecule has 0 spiro atoms. The zero-order chi connectivity index (χ0) is 22.4. The standard InChI is InChI=1S/C21H24F2N2O5S/c22-15-7-5-14(6-8-15)21(27)24-12-11-16-9-10-18(19(13-26)30-16)25-31(28,29)20-4-2-1-3-17(20)23/h1-8,16,18-19,25-26H,9-13H2,(H,24,27)/t16-,18-,19-/m0/s1. The third kappa shape index (κ3) is 6.07. The summed E-state index contributed by atoms with van der Waals surface area (Å²) in [6.45, 7) is -0.118. The smallest absolute Gasteiger partial charge is 0.251 e. The van der Waals surface area contributed by atoms with Crippen LogP contribution >= 0.6 is 0 Å². The zero-order valence-electron chi connectivity index (χ0n) is 16.6. The SMILES string of the molecule is O=C(NCC[C@@H]1CC[C@H](NS(=O)(=O)c2ccccc2F)[C@H](CO)O1)c1ccc(F)cc1. The van der Waals surface area contributed by atoms with Gasteiger partial charge in [0.25, 0.3) is 5.91 Å². The van der Waals surface area contributed by atoms with Gasteiger partial charge < -0.3 is 15.2 Å². The number of benzene rings is 2. The molecule has 1 aliphatic heterocycles. The summed E-state index contributed by atoms with van der Waals surface area (Å²) in [6, 6.07) is 9.52. The Labute approximate surface area is 179 Å². The summed E-state index contributed by atoms with van der Waals surface area (Å²) in [5.41, 5.74) is 0.335. The molecule has 1 heterocycles. The molecule has 0 aliphatic carbocycles. The zero-order valence-corrected chi connectivity index (χ0v) is 17.4. The van der Waals surface area contributed by atoms with Gasteiger partial charge in [-0.25, -0.2) is 21.9 Å². The van der Waals surface area contributed by atoms with Crippen molar-refractivity contribution in [1.82, 2.24) is 10.0 Å². The van der Waals surface area contributed by atoms with Crippen LogP contribution < -0.4 is 10.0 Å². The summed E-state index contributed by atoms with van der Waals surface area (Å²) >= 11 is 0. The van der Waals surface area contributed by atoms with Gasteiger partial charge in [-0.15, -0.1) is 0 Å². The first-order chi connectivity index (χ1) is 14.8. The lowest BCUT2D eigenvalue weighted by Gasteiger charge is -2.36. The lowest BCUT2D eigenvalue weighted by molar-refractivity contribution is -0.0871. The molecule has 2 aromatic carbocycles. The number of aliphatic hydroxyl groups is 1. The van der Waals surface area contributed by atoms with E-state index in [9.17, 15) is 27.1 Å². The van der Waals surface area contributed by atoms with Gasteiger partial charge in [0, 0.05) is 12.1 Å². The highest BCUT2D eigenvalue weighted by Crippen LogP contribution is 2.24. The molecule has 1 saturated heterocycles. The van der Waals surface area contributed by atoms with E-state index >= 15 is 0 Å². The molecule has 3 rings (SSSR count). The summed E-state index contributed by atoms with van der Waals surface area (Å²) in [5.74, 6) is -1.63. The first-order valence-corrected chi connectivity index (χ1v) is 11.4. The predicted octanol–water partition coefficient (Wildman–Crippen LogP) is 1.97. The number of rotatable bonds is 8. The van der Waals surface area contributed by atoms with Crippen LogP contribution in [0, 0.1) is 11.6 Å². The van der Waals surface area contributed by atoms with E-state index in [1.165, 1.54) is 42.5 Å². The third-order valence-electron chi connectivity index (χ3n) is 5.09. The van der Waals surface area contributed by atoms with Gasteiger partial charge in [0.05, 0.1) is 24.9 Å². The number of halogens is 2. The second kappa shape index (κ2) is 10.3. The van der Waals surface area contributed by atoms with Crippen molar-refractivity contribution in [2.75, 3.05) is 13.2 Å². The fraction of sp³-hybridized carbons (Fsp3) is 0.381. The lowest BCUT2D eigenvalue weighted by Crippen LogP contribution is -2.51. The summed E-state index contributed by atoms with van der Waals surface area (Å²) in [5, 5.41) is 12.4. The molecule has 10 heteroatoms. The Morgan fingerprint density at radius 2 is 1.81 bits per heavy atom. The number of ether oxygens (including phenoxy) is 1. The van der Waals surface area contributed by atoms with Crippen LogP contribution in [0.1, 0.15) is 29.6 Å². The maximum absolute atomic E-state index is 13.9. The third-order valence-corrected chi connectivity index (χ3v) is 6.61.